The summed E-state index contributed by atoms with van der Waals surface area (Å²) in [5.41, 5.74) is 5.66. The van der Waals surface area contributed by atoms with Crippen LogP contribution in [0.5, 0.6) is 5.75 Å². The standard InChI is InChI=1S/C8H8FNOS/c9-6-1-2-7(11)5(3-6)4-8(10)12/h1-3,11H,4H2,(H2,10,12). The minimum atomic E-state index is -0.404. The number of nitrogens with two attached hydrogens (primary N) is 1. The molecule has 0 saturated heterocycles. The van der Waals surface area contributed by atoms with Gasteiger partial charge in [-0.25, -0.2) is 4.39 Å². The Kier molecular flexibility index (Phi) is 2.60. The number of hydrogen-bond donors (Lipinski definition) is 2. The van der Waals surface area contributed by atoms with E-state index in [0.717, 1.165) is 0 Å². The first-order valence-corrected chi connectivity index (χ1v) is 3.76. The third-order valence-corrected chi connectivity index (χ3v) is 1.55. The Bertz CT molecular complexity index is 314. The molecule has 0 radical (unpaired) electrons. The van der Waals surface area contributed by atoms with Crippen molar-refractivity contribution in [2.75, 3.05) is 0 Å². The molecule has 4 heteroatoms. The van der Waals surface area contributed by atoms with Crippen molar-refractivity contribution in [3.8, 4) is 5.75 Å². The molecule has 64 valence electrons. The number of hydrogen-bond acceptors (Lipinski definition) is 2. The lowest BCUT2D eigenvalue weighted by molar-refractivity contribution is 0.467. The minimum absolute atomic E-state index is 0.0178. The lowest BCUT2D eigenvalue weighted by atomic mass is 10.1. The van der Waals surface area contributed by atoms with Crippen LogP contribution in [0, 0.1) is 5.82 Å². The van der Waals surface area contributed by atoms with E-state index in [2.05, 4.69) is 12.2 Å². The lowest BCUT2D eigenvalue weighted by Gasteiger charge is -2.02. The van der Waals surface area contributed by atoms with E-state index < -0.39 is 5.82 Å². The molecule has 1 aromatic carbocycles. The maximum absolute atomic E-state index is 12.6. The zero-order valence-corrected chi connectivity index (χ0v) is 7.07. The van der Waals surface area contributed by atoms with E-state index in [0.29, 0.717) is 5.56 Å². The van der Waals surface area contributed by atoms with Crippen LogP contribution >= 0.6 is 12.2 Å². The third-order valence-electron chi connectivity index (χ3n) is 1.41. The smallest absolute Gasteiger partial charge is 0.123 e. The van der Waals surface area contributed by atoms with Gasteiger partial charge in [-0.2, -0.15) is 0 Å². The van der Waals surface area contributed by atoms with Crippen LogP contribution in [0.3, 0.4) is 0 Å². The van der Waals surface area contributed by atoms with Gasteiger partial charge in [-0.15, -0.1) is 0 Å². The number of benzene rings is 1. The van der Waals surface area contributed by atoms with Crippen LogP contribution in [0.1, 0.15) is 5.56 Å². The van der Waals surface area contributed by atoms with E-state index in [4.69, 9.17) is 5.73 Å². The second-order valence-corrected chi connectivity index (χ2v) is 2.94. The summed E-state index contributed by atoms with van der Waals surface area (Å²) in [5, 5.41) is 9.20. The Balaban J connectivity index is 2.97. The van der Waals surface area contributed by atoms with E-state index in [9.17, 15) is 9.50 Å². The number of phenolic OH excluding ortho intramolecular Hbond substituents is 1. The summed E-state index contributed by atoms with van der Waals surface area (Å²) in [6.45, 7) is 0. The molecule has 0 saturated carbocycles. The predicted octanol–water partition coefficient (Wildman–Crippen LogP) is 1.36. The normalized spacial score (nSPS) is 9.75. The van der Waals surface area contributed by atoms with Crippen LogP contribution in [-0.4, -0.2) is 10.1 Å². The monoisotopic (exact) mass is 185 g/mol. The Morgan fingerprint density at radius 1 is 1.58 bits per heavy atom. The first-order valence-electron chi connectivity index (χ1n) is 3.35. The van der Waals surface area contributed by atoms with Gasteiger partial charge in [0.25, 0.3) is 0 Å². The molecule has 0 bridgehead atoms. The van der Waals surface area contributed by atoms with Crippen molar-refractivity contribution in [2.45, 2.75) is 6.42 Å². The van der Waals surface area contributed by atoms with E-state index >= 15 is 0 Å². The topological polar surface area (TPSA) is 46.2 Å². The van der Waals surface area contributed by atoms with Gasteiger partial charge in [-0.1, -0.05) is 12.2 Å². The van der Waals surface area contributed by atoms with E-state index in [1.54, 1.807) is 0 Å². The minimum Gasteiger partial charge on any atom is -0.508 e. The van der Waals surface area contributed by atoms with Gasteiger partial charge in [0.1, 0.15) is 11.6 Å². The fraction of sp³-hybridized carbons (Fsp3) is 0.125. The quantitative estimate of drug-likeness (QED) is 0.684. The van der Waals surface area contributed by atoms with Crippen LogP contribution in [0.15, 0.2) is 18.2 Å². The fourth-order valence-electron chi connectivity index (χ4n) is 0.883. The first kappa shape index (κ1) is 8.93. The number of rotatable bonds is 2. The lowest BCUT2D eigenvalue weighted by Crippen LogP contribution is -2.11. The van der Waals surface area contributed by atoms with Crippen molar-refractivity contribution < 1.29 is 9.50 Å². The largest absolute Gasteiger partial charge is 0.508 e. The fourth-order valence-corrected chi connectivity index (χ4v) is 1.04. The van der Waals surface area contributed by atoms with Crippen molar-refractivity contribution in [3.63, 3.8) is 0 Å². The molecular weight excluding hydrogens is 177 g/mol. The molecule has 2 nitrogen and oxygen atoms in total. The maximum atomic E-state index is 12.6. The van der Waals surface area contributed by atoms with E-state index in [1.165, 1.54) is 18.2 Å². The zero-order valence-electron chi connectivity index (χ0n) is 6.25. The Labute approximate surface area is 74.8 Å². The van der Waals surface area contributed by atoms with Crippen LogP contribution in [0.2, 0.25) is 0 Å². The van der Waals surface area contributed by atoms with Crippen LogP contribution in [0.25, 0.3) is 0 Å². The summed E-state index contributed by atoms with van der Waals surface area (Å²) >= 11 is 4.62. The van der Waals surface area contributed by atoms with Gasteiger partial charge >= 0.3 is 0 Å². The first-order chi connectivity index (χ1) is 5.59. The summed E-state index contributed by atoms with van der Waals surface area (Å²) in [5.74, 6) is -0.386. The average Bonchev–Trinajstić information content (AvgIpc) is 1.96. The van der Waals surface area contributed by atoms with Gasteiger partial charge in [0.15, 0.2) is 0 Å². The number of thiocarbonyl (C=S) groups is 1. The highest BCUT2D eigenvalue weighted by Gasteiger charge is 2.03. The molecule has 12 heavy (non-hydrogen) atoms. The van der Waals surface area contributed by atoms with Crippen molar-refractivity contribution in [1.82, 2.24) is 0 Å². The van der Waals surface area contributed by atoms with Gasteiger partial charge in [-0.3, -0.25) is 0 Å². The molecule has 0 fully saturated rings. The molecule has 0 heterocycles. The molecule has 1 aromatic rings. The highest BCUT2D eigenvalue weighted by Crippen LogP contribution is 2.17. The van der Waals surface area contributed by atoms with Gasteiger partial charge in [-0.05, 0) is 18.2 Å². The van der Waals surface area contributed by atoms with Gasteiger partial charge < -0.3 is 10.8 Å². The third kappa shape index (κ3) is 2.17. The molecule has 0 atom stereocenters. The van der Waals surface area contributed by atoms with Gasteiger partial charge in [0.2, 0.25) is 0 Å². The molecule has 0 unspecified atom stereocenters. The molecular formula is C8H8FNOS. The second-order valence-electron chi connectivity index (χ2n) is 2.42. The SMILES string of the molecule is NC(=S)Cc1cc(F)ccc1O. The van der Waals surface area contributed by atoms with E-state index in [1.807, 2.05) is 0 Å². The van der Waals surface area contributed by atoms with Gasteiger partial charge in [0.05, 0.1) is 4.99 Å². The molecule has 0 aromatic heterocycles. The van der Waals surface area contributed by atoms with Crippen molar-refractivity contribution in [3.05, 3.63) is 29.6 Å². The van der Waals surface area contributed by atoms with Crippen LogP contribution < -0.4 is 5.73 Å². The number of halogens is 1. The highest BCUT2D eigenvalue weighted by atomic mass is 32.1. The Morgan fingerprint density at radius 3 is 2.83 bits per heavy atom. The second kappa shape index (κ2) is 3.49. The molecule has 0 amide bonds. The molecule has 1 rings (SSSR count). The van der Waals surface area contributed by atoms with Crippen molar-refractivity contribution in [1.29, 1.82) is 0 Å². The summed E-state index contributed by atoms with van der Waals surface area (Å²) < 4.78 is 12.6. The summed E-state index contributed by atoms with van der Waals surface area (Å²) in [4.78, 5) is 0.232. The number of aromatic hydroxyl groups is 1. The molecule has 3 N–H and O–H groups in total. The molecule has 0 spiro atoms. The average molecular weight is 185 g/mol. The Morgan fingerprint density at radius 2 is 2.25 bits per heavy atom. The van der Waals surface area contributed by atoms with Crippen molar-refractivity contribution >= 4 is 17.2 Å². The zero-order chi connectivity index (χ0) is 9.14. The maximum Gasteiger partial charge on any atom is 0.123 e. The van der Waals surface area contributed by atoms with Gasteiger partial charge in [0, 0.05) is 12.0 Å². The Hall–Kier alpha value is -1.16. The summed E-state index contributed by atoms with van der Waals surface area (Å²) in [6.07, 6.45) is 0.221. The predicted molar refractivity (Wildman–Crippen MR) is 48.6 cm³/mol. The molecule has 0 aliphatic rings. The van der Waals surface area contributed by atoms with E-state index in [-0.39, 0.29) is 17.2 Å². The summed E-state index contributed by atoms with van der Waals surface area (Å²) in [7, 11) is 0. The summed E-state index contributed by atoms with van der Waals surface area (Å²) in [6, 6.07) is 3.68. The number of phenols is 1. The van der Waals surface area contributed by atoms with Crippen molar-refractivity contribution in [2.24, 2.45) is 5.73 Å². The molecule has 0 aliphatic carbocycles. The molecule has 0 aliphatic heterocycles. The highest BCUT2D eigenvalue weighted by molar-refractivity contribution is 7.80. The van der Waals surface area contributed by atoms with Crippen LogP contribution in [0.4, 0.5) is 4.39 Å². The van der Waals surface area contributed by atoms with Crippen LogP contribution in [-0.2, 0) is 6.42 Å².